The average molecular weight is 294 g/mol. The summed E-state index contributed by atoms with van der Waals surface area (Å²) < 4.78 is 27.2. The van der Waals surface area contributed by atoms with E-state index in [-0.39, 0.29) is 6.54 Å². The maximum atomic E-state index is 12.3. The number of nitrogens with one attached hydrogen (secondary N) is 3. The first-order valence-electron chi connectivity index (χ1n) is 6.25. The minimum absolute atomic E-state index is 0.144. The largest absolute Gasteiger partial charge is 0.347 e. The summed E-state index contributed by atoms with van der Waals surface area (Å²) in [6.07, 6.45) is 3.24. The van der Waals surface area contributed by atoms with Crippen molar-refractivity contribution < 1.29 is 8.42 Å². The molecule has 1 aromatic heterocycles. The van der Waals surface area contributed by atoms with E-state index in [4.69, 9.17) is 0 Å². The summed E-state index contributed by atoms with van der Waals surface area (Å²) >= 11 is 0. The fourth-order valence-corrected chi connectivity index (χ4v) is 3.24. The van der Waals surface area contributed by atoms with Crippen molar-refractivity contribution in [1.82, 2.24) is 20.0 Å². The van der Waals surface area contributed by atoms with Crippen LogP contribution >= 0.6 is 0 Å². The van der Waals surface area contributed by atoms with E-state index in [0.717, 1.165) is 11.1 Å². The number of aromatic amines is 1. The molecule has 0 aliphatic rings. The lowest BCUT2D eigenvalue weighted by molar-refractivity contribution is 0.578. The first kappa shape index (κ1) is 14.7. The Morgan fingerprint density at radius 1 is 1.30 bits per heavy atom. The molecular formula is C13H18N4O2S. The number of benzene rings is 1. The second kappa shape index (κ2) is 6.17. The van der Waals surface area contributed by atoms with E-state index in [0.29, 0.717) is 17.3 Å². The number of H-pyrrole nitrogens is 1. The molecule has 0 saturated carbocycles. The maximum Gasteiger partial charge on any atom is 0.241 e. The summed E-state index contributed by atoms with van der Waals surface area (Å²) in [5, 5.41) is 3.03. The summed E-state index contributed by atoms with van der Waals surface area (Å²) in [6.45, 7) is 2.59. The number of hydrogen-bond acceptors (Lipinski definition) is 4. The topological polar surface area (TPSA) is 86.9 Å². The van der Waals surface area contributed by atoms with Gasteiger partial charge in [-0.25, -0.2) is 18.1 Å². The molecule has 2 rings (SSSR count). The Kier molecular flexibility index (Phi) is 4.53. The Labute approximate surface area is 118 Å². The van der Waals surface area contributed by atoms with Gasteiger partial charge in [0.2, 0.25) is 10.0 Å². The van der Waals surface area contributed by atoms with Crippen LogP contribution in [0.25, 0.3) is 0 Å². The second-order valence-corrected chi connectivity index (χ2v) is 6.17. The predicted octanol–water partition coefficient (Wildman–Crippen LogP) is 0.916. The van der Waals surface area contributed by atoms with Gasteiger partial charge >= 0.3 is 0 Å². The van der Waals surface area contributed by atoms with Crippen LogP contribution < -0.4 is 10.0 Å². The maximum absolute atomic E-state index is 12.3. The van der Waals surface area contributed by atoms with Gasteiger partial charge in [-0.3, -0.25) is 0 Å². The van der Waals surface area contributed by atoms with Crippen LogP contribution in [0, 0.1) is 6.92 Å². The molecule has 0 atom stereocenters. The Balaban J connectivity index is 2.23. The normalized spacial score (nSPS) is 11.7. The van der Waals surface area contributed by atoms with Crippen molar-refractivity contribution in [2.45, 2.75) is 24.9 Å². The molecule has 0 radical (unpaired) electrons. The van der Waals surface area contributed by atoms with Crippen LogP contribution in [-0.2, 0) is 23.1 Å². The molecule has 0 amide bonds. The molecular weight excluding hydrogens is 276 g/mol. The highest BCUT2D eigenvalue weighted by Crippen LogP contribution is 2.18. The van der Waals surface area contributed by atoms with Gasteiger partial charge in [-0.05, 0) is 31.2 Å². The molecule has 6 nitrogen and oxygen atoms in total. The van der Waals surface area contributed by atoms with Crippen LogP contribution in [0.2, 0.25) is 0 Å². The van der Waals surface area contributed by atoms with Gasteiger partial charge in [0.25, 0.3) is 0 Å². The van der Waals surface area contributed by atoms with E-state index in [9.17, 15) is 8.42 Å². The number of aromatic nitrogens is 2. The van der Waals surface area contributed by atoms with Gasteiger partial charge in [0.1, 0.15) is 5.82 Å². The third-order valence-electron chi connectivity index (χ3n) is 3.04. The van der Waals surface area contributed by atoms with Crippen LogP contribution in [-0.4, -0.2) is 25.4 Å². The summed E-state index contributed by atoms with van der Waals surface area (Å²) in [5.74, 6) is 0.581. The molecule has 0 aliphatic carbocycles. The van der Waals surface area contributed by atoms with E-state index < -0.39 is 10.0 Å². The number of hydrogen-bond donors (Lipinski definition) is 3. The minimum Gasteiger partial charge on any atom is -0.347 e. The van der Waals surface area contributed by atoms with E-state index >= 15 is 0 Å². The summed E-state index contributed by atoms with van der Waals surface area (Å²) in [6, 6.07) is 5.28. The molecule has 7 heteroatoms. The number of imidazole rings is 1. The van der Waals surface area contributed by atoms with Crippen molar-refractivity contribution in [3.8, 4) is 0 Å². The highest BCUT2D eigenvalue weighted by atomic mass is 32.2. The molecule has 0 bridgehead atoms. The molecule has 1 heterocycles. The van der Waals surface area contributed by atoms with Gasteiger partial charge in [0, 0.05) is 18.9 Å². The molecule has 1 aromatic carbocycles. The highest BCUT2D eigenvalue weighted by Gasteiger charge is 2.18. The van der Waals surface area contributed by atoms with Crippen LogP contribution in [0.1, 0.15) is 17.0 Å². The van der Waals surface area contributed by atoms with Crippen LogP contribution in [0.15, 0.2) is 35.5 Å². The molecule has 0 spiro atoms. The van der Waals surface area contributed by atoms with E-state index in [1.807, 2.05) is 20.0 Å². The predicted molar refractivity (Wildman–Crippen MR) is 76.6 cm³/mol. The van der Waals surface area contributed by atoms with Crippen LogP contribution in [0.4, 0.5) is 0 Å². The van der Waals surface area contributed by atoms with Crippen molar-refractivity contribution in [2.24, 2.45) is 0 Å². The molecule has 0 unspecified atom stereocenters. The molecule has 20 heavy (non-hydrogen) atoms. The third-order valence-corrected chi connectivity index (χ3v) is 4.58. The first-order chi connectivity index (χ1) is 9.54. The summed E-state index contributed by atoms with van der Waals surface area (Å²) in [5.41, 5.74) is 1.72. The Hall–Kier alpha value is -1.70. The second-order valence-electron chi connectivity index (χ2n) is 4.43. The van der Waals surface area contributed by atoms with Gasteiger partial charge in [-0.15, -0.1) is 0 Å². The number of sulfonamides is 1. The smallest absolute Gasteiger partial charge is 0.241 e. The fourth-order valence-electron chi connectivity index (χ4n) is 1.97. The summed E-state index contributed by atoms with van der Waals surface area (Å²) in [4.78, 5) is 7.15. The zero-order valence-corrected chi connectivity index (χ0v) is 12.3. The Bertz CT molecular complexity index is 666. The van der Waals surface area contributed by atoms with E-state index in [1.165, 1.54) is 0 Å². The van der Waals surface area contributed by atoms with E-state index in [1.54, 1.807) is 24.5 Å². The molecule has 0 saturated heterocycles. The van der Waals surface area contributed by atoms with Crippen molar-refractivity contribution in [3.63, 3.8) is 0 Å². The van der Waals surface area contributed by atoms with Gasteiger partial charge in [0.05, 0.1) is 11.4 Å². The molecule has 0 aliphatic heterocycles. The van der Waals surface area contributed by atoms with Crippen molar-refractivity contribution >= 4 is 10.0 Å². The lowest BCUT2D eigenvalue weighted by Gasteiger charge is -2.12. The first-order valence-corrected chi connectivity index (χ1v) is 7.74. The van der Waals surface area contributed by atoms with Crippen molar-refractivity contribution in [1.29, 1.82) is 0 Å². The lowest BCUT2D eigenvalue weighted by atomic mass is 10.1. The van der Waals surface area contributed by atoms with Crippen molar-refractivity contribution in [2.75, 3.05) is 7.05 Å². The molecule has 2 aromatic rings. The standard InChI is InChI=1S/C13H18N4O2S/c1-10-11(8-14-2)4-3-5-12(10)20(18,19)17-9-13-15-6-7-16-13/h3-7,14,17H,8-9H2,1-2H3,(H,15,16). The van der Waals surface area contributed by atoms with Gasteiger partial charge in [0.15, 0.2) is 0 Å². The third kappa shape index (κ3) is 3.24. The highest BCUT2D eigenvalue weighted by molar-refractivity contribution is 7.89. The molecule has 0 fully saturated rings. The zero-order valence-electron chi connectivity index (χ0n) is 11.5. The van der Waals surface area contributed by atoms with E-state index in [2.05, 4.69) is 20.0 Å². The molecule has 3 N–H and O–H groups in total. The van der Waals surface area contributed by atoms with Gasteiger partial charge in [-0.1, -0.05) is 12.1 Å². The monoisotopic (exact) mass is 294 g/mol. The Morgan fingerprint density at radius 3 is 2.75 bits per heavy atom. The average Bonchev–Trinajstić information content (AvgIpc) is 2.92. The van der Waals surface area contributed by atoms with Gasteiger partial charge in [-0.2, -0.15) is 0 Å². The SMILES string of the molecule is CNCc1cccc(S(=O)(=O)NCc2ncc[nH]2)c1C. The minimum atomic E-state index is -3.55. The number of rotatable bonds is 6. The van der Waals surface area contributed by atoms with Crippen molar-refractivity contribution in [3.05, 3.63) is 47.5 Å². The Morgan fingerprint density at radius 2 is 2.10 bits per heavy atom. The molecule has 108 valence electrons. The summed E-state index contributed by atoms with van der Waals surface area (Å²) in [7, 11) is -1.72. The van der Waals surface area contributed by atoms with Crippen LogP contribution in [0.3, 0.4) is 0 Å². The quantitative estimate of drug-likeness (QED) is 0.739. The number of nitrogens with zero attached hydrogens (tertiary/aromatic N) is 1. The lowest BCUT2D eigenvalue weighted by Crippen LogP contribution is -2.25. The zero-order chi connectivity index (χ0) is 14.6. The van der Waals surface area contributed by atoms with Crippen LogP contribution in [0.5, 0.6) is 0 Å². The van der Waals surface area contributed by atoms with Gasteiger partial charge < -0.3 is 10.3 Å². The fraction of sp³-hybridized carbons (Fsp3) is 0.308.